The number of nitrogens with one attached hydrogen (secondary N) is 1. The minimum Gasteiger partial charge on any atom is -0.380 e. The fraction of sp³-hybridized carbons (Fsp3) is 0.750. The van der Waals surface area contributed by atoms with Gasteiger partial charge in [0, 0.05) is 38.6 Å². The summed E-state index contributed by atoms with van der Waals surface area (Å²) >= 11 is 0. The van der Waals surface area contributed by atoms with E-state index < -0.39 is 0 Å². The summed E-state index contributed by atoms with van der Waals surface area (Å²) in [6.07, 6.45) is 7.99. The highest BCUT2D eigenvalue weighted by Gasteiger charge is 2.26. The van der Waals surface area contributed by atoms with Crippen LogP contribution in [0.3, 0.4) is 0 Å². The van der Waals surface area contributed by atoms with Crippen LogP contribution in [-0.4, -0.2) is 35.4 Å². The Bertz CT molecular complexity index is 324. The average molecular weight is 223 g/mol. The second-order valence-electron chi connectivity index (χ2n) is 4.43. The molecule has 2 unspecified atom stereocenters. The number of aromatic nitrogens is 2. The molecule has 0 aromatic carbocycles. The largest absolute Gasteiger partial charge is 0.380 e. The van der Waals surface area contributed by atoms with Gasteiger partial charge in [-0.2, -0.15) is 0 Å². The van der Waals surface area contributed by atoms with Crippen molar-refractivity contribution in [3.8, 4) is 0 Å². The second-order valence-corrected chi connectivity index (χ2v) is 4.43. The van der Waals surface area contributed by atoms with Crippen molar-refractivity contribution in [2.45, 2.75) is 44.9 Å². The van der Waals surface area contributed by atoms with Crippen LogP contribution in [0.25, 0.3) is 0 Å². The number of hydrogen-bond acceptors (Lipinski definition) is 3. The van der Waals surface area contributed by atoms with E-state index in [4.69, 9.17) is 4.74 Å². The van der Waals surface area contributed by atoms with Gasteiger partial charge in [0.2, 0.25) is 0 Å². The zero-order valence-corrected chi connectivity index (χ0v) is 10.1. The van der Waals surface area contributed by atoms with Gasteiger partial charge in [0.15, 0.2) is 0 Å². The Morgan fingerprint density at radius 1 is 1.56 bits per heavy atom. The predicted molar refractivity (Wildman–Crippen MR) is 63.4 cm³/mol. The summed E-state index contributed by atoms with van der Waals surface area (Å²) in [6.45, 7) is 4.01. The zero-order valence-electron chi connectivity index (χ0n) is 10.1. The predicted octanol–water partition coefficient (Wildman–Crippen LogP) is 1.35. The van der Waals surface area contributed by atoms with Gasteiger partial charge in [-0.3, -0.25) is 0 Å². The number of nitrogens with zero attached hydrogens (tertiary/aromatic N) is 2. The number of imidazole rings is 1. The van der Waals surface area contributed by atoms with E-state index in [1.54, 1.807) is 0 Å². The Kier molecular flexibility index (Phi) is 3.96. The third-order valence-corrected chi connectivity index (χ3v) is 3.44. The highest BCUT2D eigenvalue weighted by atomic mass is 16.5. The molecule has 4 nitrogen and oxygen atoms in total. The molecule has 90 valence electrons. The van der Waals surface area contributed by atoms with Gasteiger partial charge in [0.25, 0.3) is 0 Å². The zero-order chi connectivity index (χ0) is 11.4. The summed E-state index contributed by atoms with van der Waals surface area (Å²) in [5.41, 5.74) is 0. The third-order valence-electron chi connectivity index (χ3n) is 3.44. The SMILES string of the molecule is COC1CCCC1NCCn1ccnc1C. The maximum Gasteiger partial charge on any atom is 0.105 e. The van der Waals surface area contributed by atoms with Crippen molar-refractivity contribution in [1.82, 2.24) is 14.9 Å². The van der Waals surface area contributed by atoms with Gasteiger partial charge in [0.05, 0.1) is 6.10 Å². The van der Waals surface area contributed by atoms with E-state index in [9.17, 15) is 0 Å². The van der Waals surface area contributed by atoms with E-state index in [1.807, 2.05) is 26.4 Å². The fourth-order valence-electron chi connectivity index (χ4n) is 2.45. The lowest BCUT2D eigenvalue weighted by Crippen LogP contribution is -2.38. The van der Waals surface area contributed by atoms with Crippen LogP contribution in [0.5, 0.6) is 0 Å². The maximum atomic E-state index is 5.45. The molecular weight excluding hydrogens is 202 g/mol. The van der Waals surface area contributed by atoms with Crippen molar-refractivity contribution in [3.05, 3.63) is 18.2 Å². The van der Waals surface area contributed by atoms with Crippen LogP contribution in [0.4, 0.5) is 0 Å². The van der Waals surface area contributed by atoms with E-state index in [-0.39, 0.29) is 0 Å². The first-order valence-corrected chi connectivity index (χ1v) is 6.05. The fourth-order valence-corrected chi connectivity index (χ4v) is 2.45. The van der Waals surface area contributed by atoms with Gasteiger partial charge in [-0.1, -0.05) is 0 Å². The highest BCUT2D eigenvalue weighted by molar-refractivity contribution is 4.89. The van der Waals surface area contributed by atoms with Crippen LogP contribution < -0.4 is 5.32 Å². The molecule has 4 heteroatoms. The number of aryl methyl sites for hydroxylation is 1. The summed E-state index contributed by atoms with van der Waals surface area (Å²) in [7, 11) is 1.81. The summed E-state index contributed by atoms with van der Waals surface area (Å²) in [5, 5.41) is 3.57. The number of ether oxygens (including phenoxy) is 1. The smallest absolute Gasteiger partial charge is 0.105 e. The summed E-state index contributed by atoms with van der Waals surface area (Å²) < 4.78 is 7.62. The van der Waals surface area contributed by atoms with Crippen LogP contribution in [0.2, 0.25) is 0 Å². The van der Waals surface area contributed by atoms with Crippen LogP contribution in [0.15, 0.2) is 12.4 Å². The maximum absolute atomic E-state index is 5.45. The molecule has 0 aliphatic heterocycles. The minimum atomic E-state index is 0.406. The van der Waals surface area contributed by atoms with Gasteiger partial charge in [-0.25, -0.2) is 4.98 Å². The minimum absolute atomic E-state index is 0.406. The molecule has 1 fully saturated rings. The molecule has 1 saturated carbocycles. The van der Waals surface area contributed by atoms with Crippen LogP contribution in [-0.2, 0) is 11.3 Å². The van der Waals surface area contributed by atoms with Gasteiger partial charge >= 0.3 is 0 Å². The monoisotopic (exact) mass is 223 g/mol. The van der Waals surface area contributed by atoms with Crippen molar-refractivity contribution in [2.24, 2.45) is 0 Å². The van der Waals surface area contributed by atoms with Crippen molar-refractivity contribution in [1.29, 1.82) is 0 Å². The lowest BCUT2D eigenvalue weighted by atomic mass is 10.2. The Hall–Kier alpha value is -0.870. The molecule has 0 amide bonds. The summed E-state index contributed by atoms with van der Waals surface area (Å²) in [6, 6.07) is 0.536. The van der Waals surface area contributed by atoms with Crippen molar-refractivity contribution in [2.75, 3.05) is 13.7 Å². The van der Waals surface area contributed by atoms with Crippen molar-refractivity contribution >= 4 is 0 Å². The summed E-state index contributed by atoms with van der Waals surface area (Å²) in [5.74, 6) is 1.08. The van der Waals surface area contributed by atoms with Gasteiger partial charge in [-0.15, -0.1) is 0 Å². The van der Waals surface area contributed by atoms with Gasteiger partial charge in [-0.05, 0) is 26.2 Å². The molecule has 1 N–H and O–H groups in total. The number of methoxy groups -OCH3 is 1. The van der Waals surface area contributed by atoms with E-state index in [2.05, 4.69) is 14.9 Å². The first-order valence-electron chi connectivity index (χ1n) is 6.05. The molecule has 1 aromatic heterocycles. The van der Waals surface area contributed by atoms with E-state index >= 15 is 0 Å². The lowest BCUT2D eigenvalue weighted by Gasteiger charge is -2.19. The molecule has 1 heterocycles. The Balaban J connectivity index is 1.74. The molecule has 0 saturated heterocycles. The van der Waals surface area contributed by atoms with Crippen LogP contribution >= 0.6 is 0 Å². The molecular formula is C12H21N3O. The first-order chi connectivity index (χ1) is 7.81. The van der Waals surface area contributed by atoms with Crippen molar-refractivity contribution in [3.63, 3.8) is 0 Å². The van der Waals surface area contributed by atoms with Crippen LogP contribution in [0.1, 0.15) is 25.1 Å². The molecule has 1 aromatic rings. The molecule has 16 heavy (non-hydrogen) atoms. The Labute approximate surface area is 97.0 Å². The third kappa shape index (κ3) is 2.62. The molecule has 0 spiro atoms. The summed E-state index contributed by atoms with van der Waals surface area (Å²) in [4.78, 5) is 4.21. The molecule has 0 bridgehead atoms. The normalized spacial score (nSPS) is 25.1. The van der Waals surface area contributed by atoms with E-state index in [1.165, 1.54) is 19.3 Å². The Morgan fingerprint density at radius 3 is 3.12 bits per heavy atom. The van der Waals surface area contributed by atoms with Gasteiger partial charge < -0.3 is 14.6 Å². The molecule has 2 rings (SSSR count). The average Bonchev–Trinajstić information content (AvgIpc) is 2.88. The topological polar surface area (TPSA) is 39.1 Å². The Morgan fingerprint density at radius 2 is 2.44 bits per heavy atom. The van der Waals surface area contributed by atoms with E-state index in [0.29, 0.717) is 12.1 Å². The van der Waals surface area contributed by atoms with Crippen LogP contribution in [0, 0.1) is 6.92 Å². The lowest BCUT2D eigenvalue weighted by molar-refractivity contribution is 0.0850. The molecule has 0 radical (unpaired) electrons. The first kappa shape index (κ1) is 11.6. The molecule has 1 aliphatic carbocycles. The number of rotatable bonds is 5. The van der Waals surface area contributed by atoms with E-state index in [0.717, 1.165) is 18.9 Å². The molecule has 1 aliphatic rings. The highest BCUT2D eigenvalue weighted by Crippen LogP contribution is 2.21. The quantitative estimate of drug-likeness (QED) is 0.819. The van der Waals surface area contributed by atoms with Gasteiger partial charge in [0.1, 0.15) is 5.82 Å². The second kappa shape index (κ2) is 5.46. The number of hydrogen-bond donors (Lipinski definition) is 1. The molecule has 2 atom stereocenters. The van der Waals surface area contributed by atoms with Crippen molar-refractivity contribution < 1.29 is 4.74 Å². The standard InChI is InChI=1S/C12H21N3O/c1-10-13-6-8-15(10)9-7-14-11-4-3-5-12(11)16-2/h6,8,11-12,14H,3-5,7,9H2,1-2H3.